The van der Waals surface area contributed by atoms with Gasteiger partial charge in [-0.15, -0.1) is 0 Å². The van der Waals surface area contributed by atoms with E-state index in [1.807, 2.05) is 0 Å². The lowest BCUT2D eigenvalue weighted by Crippen LogP contribution is -2.31. The fraction of sp³-hybridized carbons (Fsp3) is 0.400. The van der Waals surface area contributed by atoms with Crippen molar-refractivity contribution in [3.8, 4) is 0 Å². The molecule has 0 saturated carbocycles. The Morgan fingerprint density at radius 1 is 1.60 bits per heavy atom. The summed E-state index contributed by atoms with van der Waals surface area (Å²) in [6.45, 7) is 0.728. The van der Waals surface area contributed by atoms with E-state index in [4.69, 9.17) is 0 Å². The zero-order chi connectivity index (χ0) is 10.8. The largest absolute Gasteiger partial charge is 0.358 e. The van der Waals surface area contributed by atoms with Crippen LogP contribution in [0.1, 0.15) is 6.42 Å². The number of hydrogen-bond acceptors (Lipinski definition) is 3. The summed E-state index contributed by atoms with van der Waals surface area (Å²) in [5.41, 5.74) is 0. The Morgan fingerprint density at radius 2 is 2.40 bits per heavy atom. The van der Waals surface area contributed by atoms with Crippen molar-refractivity contribution < 1.29 is 9.18 Å². The fourth-order valence-corrected chi connectivity index (χ4v) is 1.62. The van der Waals surface area contributed by atoms with Crippen molar-refractivity contribution in [2.45, 2.75) is 12.5 Å². The number of likely N-dealkylation sites (N-methyl/N-ethyl adjacent to an activating group) is 1. The van der Waals surface area contributed by atoms with E-state index in [1.54, 1.807) is 24.1 Å². The summed E-state index contributed by atoms with van der Waals surface area (Å²) in [6.07, 6.45) is 0.730. The smallest absolute Gasteiger partial charge is 0.244 e. The highest BCUT2D eigenvalue weighted by atomic mass is 19.1. The van der Waals surface area contributed by atoms with Gasteiger partial charge in [-0.25, -0.2) is 4.98 Å². The zero-order valence-electron chi connectivity index (χ0n) is 8.40. The van der Waals surface area contributed by atoms with Gasteiger partial charge in [-0.1, -0.05) is 6.07 Å². The van der Waals surface area contributed by atoms with Gasteiger partial charge >= 0.3 is 0 Å². The quantitative estimate of drug-likeness (QED) is 0.735. The molecule has 1 aliphatic heterocycles. The fourth-order valence-electron chi connectivity index (χ4n) is 1.62. The molecular weight excluding hydrogens is 197 g/mol. The Labute approximate surface area is 87.1 Å². The number of nitrogens with zero attached hydrogens (tertiary/aromatic N) is 2. The number of pyridine rings is 1. The summed E-state index contributed by atoms with van der Waals surface area (Å²) < 4.78 is 12.8. The lowest BCUT2D eigenvalue weighted by Gasteiger charge is -2.12. The number of amides is 1. The molecule has 0 aromatic carbocycles. The monoisotopic (exact) mass is 209 g/mol. The Hall–Kier alpha value is -1.65. The Morgan fingerprint density at radius 3 is 3.00 bits per heavy atom. The maximum absolute atomic E-state index is 12.8. The Balaban J connectivity index is 2.06. The van der Waals surface area contributed by atoms with Crippen LogP contribution >= 0.6 is 0 Å². The van der Waals surface area contributed by atoms with Crippen molar-refractivity contribution in [3.63, 3.8) is 0 Å². The highest BCUT2D eigenvalue weighted by Gasteiger charge is 2.28. The van der Waals surface area contributed by atoms with E-state index < -0.39 is 5.95 Å². The van der Waals surface area contributed by atoms with E-state index in [9.17, 15) is 9.18 Å². The highest BCUT2D eigenvalue weighted by molar-refractivity contribution is 5.86. The second-order valence-electron chi connectivity index (χ2n) is 3.59. The minimum atomic E-state index is -0.543. The van der Waals surface area contributed by atoms with Gasteiger partial charge in [0.15, 0.2) is 0 Å². The Kier molecular flexibility index (Phi) is 2.53. The van der Waals surface area contributed by atoms with Crippen LogP contribution in [0.5, 0.6) is 0 Å². The zero-order valence-corrected chi connectivity index (χ0v) is 8.40. The third kappa shape index (κ3) is 2.06. The SMILES string of the molecule is CN1CCC(Nc2cccc(F)n2)C1=O. The molecule has 5 heteroatoms. The molecule has 1 aromatic rings. The summed E-state index contributed by atoms with van der Waals surface area (Å²) in [5.74, 6) is -0.108. The van der Waals surface area contributed by atoms with Gasteiger partial charge in [0.25, 0.3) is 0 Å². The average Bonchev–Trinajstić information content (AvgIpc) is 2.50. The third-order valence-electron chi connectivity index (χ3n) is 2.46. The predicted octanol–water partition coefficient (Wildman–Crippen LogP) is 0.863. The van der Waals surface area contributed by atoms with E-state index in [2.05, 4.69) is 10.3 Å². The van der Waals surface area contributed by atoms with Crippen LogP contribution in [0.3, 0.4) is 0 Å². The van der Waals surface area contributed by atoms with Crippen molar-refractivity contribution in [2.24, 2.45) is 0 Å². The van der Waals surface area contributed by atoms with Gasteiger partial charge in [0.2, 0.25) is 11.9 Å². The molecule has 4 nitrogen and oxygen atoms in total. The maximum Gasteiger partial charge on any atom is 0.244 e. The molecule has 1 saturated heterocycles. The van der Waals surface area contributed by atoms with Gasteiger partial charge < -0.3 is 10.2 Å². The molecule has 0 aliphatic carbocycles. The summed E-state index contributed by atoms with van der Waals surface area (Å²) in [7, 11) is 1.75. The van der Waals surface area contributed by atoms with E-state index in [0.29, 0.717) is 5.82 Å². The van der Waals surface area contributed by atoms with Crippen LogP contribution in [-0.4, -0.2) is 35.4 Å². The molecule has 0 bridgehead atoms. The van der Waals surface area contributed by atoms with Gasteiger partial charge in [0, 0.05) is 13.6 Å². The first kappa shape index (κ1) is 9.89. The van der Waals surface area contributed by atoms with Crippen LogP contribution in [-0.2, 0) is 4.79 Å². The van der Waals surface area contributed by atoms with E-state index in [-0.39, 0.29) is 11.9 Å². The number of carbonyl (C=O) groups is 1. The van der Waals surface area contributed by atoms with Crippen molar-refractivity contribution in [1.82, 2.24) is 9.88 Å². The van der Waals surface area contributed by atoms with Gasteiger partial charge in [-0.3, -0.25) is 4.79 Å². The predicted molar refractivity (Wildman–Crippen MR) is 53.9 cm³/mol. The number of likely N-dealkylation sites (tertiary alicyclic amines) is 1. The van der Waals surface area contributed by atoms with E-state index in [0.717, 1.165) is 13.0 Å². The molecule has 1 unspecified atom stereocenters. The van der Waals surface area contributed by atoms with Crippen molar-refractivity contribution in [2.75, 3.05) is 18.9 Å². The summed E-state index contributed by atoms with van der Waals surface area (Å²) in [6, 6.07) is 4.21. The number of anilines is 1. The molecule has 1 amide bonds. The number of carbonyl (C=O) groups excluding carboxylic acids is 1. The topological polar surface area (TPSA) is 45.2 Å². The van der Waals surface area contributed by atoms with Gasteiger partial charge in [0.1, 0.15) is 11.9 Å². The van der Waals surface area contributed by atoms with Gasteiger partial charge in [0.05, 0.1) is 0 Å². The molecule has 15 heavy (non-hydrogen) atoms. The second-order valence-corrected chi connectivity index (χ2v) is 3.59. The number of nitrogens with one attached hydrogen (secondary N) is 1. The molecule has 1 fully saturated rings. The average molecular weight is 209 g/mol. The van der Waals surface area contributed by atoms with Crippen LogP contribution in [0.15, 0.2) is 18.2 Å². The van der Waals surface area contributed by atoms with E-state index >= 15 is 0 Å². The lowest BCUT2D eigenvalue weighted by atomic mass is 10.2. The van der Waals surface area contributed by atoms with E-state index in [1.165, 1.54) is 6.07 Å². The normalized spacial score (nSPS) is 20.8. The third-order valence-corrected chi connectivity index (χ3v) is 2.46. The van der Waals surface area contributed by atoms with Crippen LogP contribution in [0.4, 0.5) is 10.2 Å². The first-order valence-corrected chi connectivity index (χ1v) is 4.81. The standard InChI is InChI=1S/C10H12FN3O/c1-14-6-5-7(10(14)15)12-9-4-2-3-8(11)13-9/h2-4,7H,5-6H2,1H3,(H,12,13). The van der Waals surface area contributed by atoms with Crippen molar-refractivity contribution in [3.05, 3.63) is 24.1 Å². The number of aromatic nitrogens is 1. The Bertz CT molecular complexity index is 383. The molecule has 1 N–H and O–H groups in total. The highest BCUT2D eigenvalue weighted by Crippen LogP contribution is 2.14. The number of rotatable bonds is 2. The van der Waals surface area contributed by atoms with Crippen molar-refractivity contribution >= 4 is 11.7 Å². The lowest BCUT2D eigenvalue weighted by molar-refractivity contribution is -0.127. The molecule has 0 spiro atoms. The molecular formula is C10H12FN3O. The molecule has 1 aromatic heterocycles. The number of hydrogen-bond donors (Lipinski definition) is 1. The van der Waals surface area contributed by atoms with Crippen LogP contribution in [0.2, 0.25) is 0 Å². The van der Waals surface area contributed by atoms with Crippen LogP contribution in [0.25, 0.3) is 0 Å². The first-order valence-electron chi connectivity index (χ1n) is 4.81. The molecule has 1 atom stereocenters. The minimum Gasteiger partial charge on any atom is -0.358 e. The molecule has 2 rings (SSSR count). The van der Waals surface area contributed by atoms with Crippen LogP contribution in [0, 0.1) is 5.95 Å². The second kappa shape index (κ2) is 3.84. The minimum absolute atomic E-state index is 0.0288. The first-order chi connectivity index (χ1) is 7.16. The molecule has 1 aliphatic rings. The van der Waals surface area contributed by atoms with Crippen LogP contribution < -0.4 is 5.32 Å². The number of halogens is 1. The van der Waals surface area contributed by atoms with Gasteiger partial charge in [-0.05, 0) is 18.6 Å². The molecule has 0 radical (unpaired) electrons. The summed E-state index contributed by atoms with van der Waals surface area (Å²) in [4.78, 5) is 16.8. The summed E-state index contributed by atoms with van der Waals surface area (Å²) in [5, 5.41) is 2.92. The molecule has 80 valence electrons. The summed E-state index contributed by atoms with van der Waals surface area (Å²) >= 11 is 0. The van der Waals surface area contributed by atoms with Gasteiger partial charge in [-0.2, -0.15) is 4.39 Å². The molecule has 2 heterocycles. The van der Waals surface area contributed by atoms with Crippen molar-refractivity contribution in [1.29, 1.82) is 0 Å². The maximum atomic E-state index is 12.8.